The minimum absolute atomic E-state index is 0.0432. The van der Waals surface area contributed by atoms with E-state index >= 15 is 0 Å². The summed E-state index contributed by atoms with van der Waals surface area (Å²) >= 11 is 2.79. The third-order valence-corrected chi connectivity index (χ3v) is 4.49. The summed E-state index contributed by atoms with van der Waals surface area (Å²) in [4.78, 5) is 18.7. The number of nitrogens with zero attached hydrogens (tertiary/aromatic N) is 3. The highest BCUT2D eigenvalue weighted by Crippen LogP contribution is 2.33. The van der Waals surface area contributed by atoms with Crippen LogP contribution >= 0.6 is 23.3 Å². The smallest absolute Gasteiger partial charge is 0.253 e. The van der Waals surface area contributed by atoms with E-state index in [0.29, 0.717) is 11.3 Å². The first kappa shape index (κ1) is 14.8. The van der Waals surface area contributed by atoms with Crippen molar-refractivity contribution < 1.29 is 4.79 Å². The molecule has 5 nitrogen and oxygen atoms in total. The number of hydrogen-bond acceptors (Lipinski definition) is 6. The van der Waals surface area contributed by atoms with E-state index in [1.54, 1.807) is 37.2 Å². The van der Waals surface area contributed by atoms with Crippen molar-refractivity contribution in [3.63, 3.8) is 0 Å². The molecule has 0 unspecified atom stereocenters. The summed E-state index contributed by atoms with van der Waals surface area (Å²) in [5.74, 6) is 0.787. The average Bonchev–Trinajstić information content (AvgIpc) is 2.88. The lowest BCUT2D eigenvalue weighted by molar-refractivity contribution is 0.0827. The van der Waals surface area contributed by atoms with Gasteiger partial charge < -0.3 is 10.6 Å². The second-order valence-electron chi connectivity index (χ2n) is 4.38. The Bertz CT molecular complexity index is 625. The lowest BCUT2D eigenvalue weighted by Crippen LogP contribution is -2.21. The molecular formula is C13H16N4OS2. The highest BCUT2D eigenvalue weighted by molar-refractivity contribution is 8.01. The molecule has 0 fully saturated rings. The van der Waals surface area contributed by atoms with Gasteiger partial charge in [-0.25, -0.2) is 4.98 Å². The van der Waals surface area contributed by atoms with Crippen LogP contribution < -0.4 is 5.73 Å². The Hall–Kier alpha value is -1.60. The van der Waals surface area contributed by atoms with Gasteiger partial charge in [0, 0.05) is 36.7 Å². The molecule has 0 saturated heterocycles. The van der Waals surface area contributed by atoms with Crippen LogP contribution in [0.3, 0.4) is 0 Å². The van der Waals surface area contributed by atoms with Crippen LogP contribution in [0.25, 0.3) is 0 Å². The molecule has 1 amide bonds. The van der Waals surface area contributed by atoms with Crippen LogP contribution in [0.4, 0.5) is 5.69 Å². The minimum Gasteiger partial charge on any atom is -0.398 e. The molecule has 2 aromatic rings. The van der Waals surface area contributed by atoms with E-state index in [2.05, 4.69) is 9.36 Å². The van der Waals surface area contributed by atoms with Gasteiger partial charge in [-0.05, 0) is 29.7 Å². The van der Waals surface area contributed by atoms with Gasteiger partial charge >= 0.3 is 0 Å². The van der Waals surface area contributed by atoms with Crippen LogP contribution in [0.2, 0.25) is 0 Å². The Kier molecular flexibility index (Phi) is 4.61. The summed E-state index contributed by atoms with van der Waals surface area (Å²) in [5.41, 5.74) is 7.22. The largest absolute Gasteiger partial charge is 0.398 e. The number of nitrogen functional groups attached to an aromatic ring is 1. The normalized spacial score (nSPS) is 10.6. The maximum absolute atomic E-state index is 12.0. The number of rotatable bonds is 4. The average molecular weight is 308 g/mol. The van der Waals surface area contributed by atoms with Gasteiger partial charge in [0.2, 0.25) is 0 Å². The first-order valence-corrected chi connectivity index (χ1v) is 7.72. The lowest BCUT2D eigenvalue weighted by Gasteiger charge is -2.11. The molecule has 1 aromatic carbocycles. The quantitative estimate of drug-likeness (QED) is 0.879. The Morgan fingerprint density at radius 3 is 2.80 bits per heavy atom. The van der Waals surface area contributed by atoms with Crippen LogP contribution in [0.1, 0.15) is 23.1 Å². The maximum Gasteiger partial charge on any atom is 0.253 e. The fourth-order valence-electron chi connectivity index (χ4n) is 1.53. The number of benzene rings is 1. The van der Waals surface area contributed by atoms with Gasteiger partial charge in [-0.15, -0.1) is 0 Å². The van der Waals surface area contributed by atoms with Gasteiger partial charge in [-0.3, -0.25) is 4.79 Å². The molecule has 2 rings (SSSR count). The van der Waals surface area contributed by atoms with E-state index < -0.39 is 0 Å². The number of aromatic nitrogens is 2. The standard InChI is InChI=1S/C13H16N4OS2/c1-4-11-15-13(20-16-11)19-10-7-8(5-6-9(10)14)12(18)17(2)3/h5-7H,4,14H2,1-3H3. The zero-order chi connectivity index (χ0) is 14.7. The number of aryl methyl sites for hydroxylation is 1. The van der Waals surface area contributed by atoms with Gasteiger partial charge in [-0.2, -0.15) is 4.37 Å². The van der Waals surface area contributed by atoms with Crippen molar-refractivity contribution in [1.82, 2.24) is 14.3 Å². The predicted molar refractivity (Wildman–Crippen MR) is 82.3 cm³/mol. The summed E-state index contributed by atoms with van der Waals surface area (Å²) in [5, 5.41) is 0. The molecule has 0 aliphatic rings. The zero-order valence-corrected chi connectivity index (χ0v) is 13.2. The summed E-state index contributed by atoms with van der Waals surface area (Å²) in [6, 6.07) is 5.29. The fraction of sp³-hybridized carbons (Fsp3) is 0.308. The number of nitrogens with two attached hydrogens (primary N) is 1. The van der Waals surface area contributed by atoms with Crippen molar-refractivity contribution in [1.29, 1.82) is 0 Å². The third kappa shape index (κ3) is 3.29. The molecule has 0 saturated carbocycles. The number of carbonyl (C=O) groups excluding carboxylic acids is 1. The van der Waals surface area contributed by atoms with Crippen LogP contribution in [-0.4, -0.2) is 34.3 Å². The van der Waals surface area contributed by atoms with Crippen LogP contribution in [0, 0.1) is 0 Å². The van der Waals surface area contributed by atoms with Gasteiger partial charge in [0.25, 0.3) is 5.91 Å². The Morgan fingerprint density at radius 1 is 1.45 bits per heavy atom. The summed E-state index contributed by atoms with van der Waals surface area (Å²) in [6.07, 6.45) is 0.811. The monoisotopic (exact) mass is 308 g/mol. The first-order valence-electron chi connectivity index (χ1n) is 6.13. The second kappa shape index (κ2) is 6.23. The summed E-state index contributed by atoms with van der Waals surface area (Å²) < 4.78 is 5.08. The summed E-state index contributed by atoms with van der Waals surface area (Å²) in [6.45, 7) is 2.02. The SMILES string of the molecule is CCc1nsc(Sc2cc(C(=O)N(C)C)ccc2N)n1. The molecule has 106 valence electrons. The fourth-order valence-corrected chi connectivity index (χ4v) is 3.27. The molecule has 0 aliphatic heterocycles. The minimum atomic E-state index is -0.0432. The van der Waals surface area contributed by atoms with Gasteiger partial charge in [0.05, 0.1) is 0 Å². The van der Waals surface area contributed by atoms with Crippen molar-refractivity contribution in [2.75, 3.05) is 19.8 Å². The first-order chi connectivity index (χ1) is 9.51. The molecule has 1 aromatic heterocycles. The van der Waals surface area contributed by atoms with Gasteiger partial charge in [0.1, 0.15) is 5.82 Å². The highest BCUT2D eigenvalue weighted by atomic mass is 32.2. The van der Waals surface area contributed by atoms with Gasteiger partial charge in [0.15, 0.2) is 4.34 Å². The van der Waals surface area contributed by atoms with E-state index in [0.717, 1.165) is 21.5 Å². The Labute approximate surface area is 126 Å². The molecule has 0 atom stereocenters. The maximum atomic E-state index is 12.0. The molecule has 0 radical (unpaired) electrons. The van der Waals surface area contributed by atoms with E-state index in [-0.39, 0.29) is 5.91 Å². The molecule has 7 heteroatoms. The van der Waals surface area contributed by atoms with E-state index in [9.17, 15) is 4.79 Å². The van der Waals surface area contributed by atoms with Crippen molar-refractivity contribution in [2.24, 2.45) is 0 Å². The van der Waals surface area contributed by atoms with Crippen molar-refractivity contribution >= 4 is 34.9 Å². The molecule has 1 heterocycles. The number of carbonyl (C=O) groups is 1. The molecule has 2 N–H and O–H groups in total. The highest BCUT2D eigenvalue weighted by Gasteiger charge is 2.12. The molecule has 20 heavy (non-hydrogen) atoms. The molecular weight excluding hydrogens is 292 g/mol. The lowest BCUT2D eigenvalue weighted by atomic mass is 10.2. The van der Waals surface area contributed by atoms with Crippen molar-refractivity contribution in [3.8, 4) is 0 Å². The number of anilines is 1. The molecule has 0 bridgehead atoms. The Morgan fingerprint density at radius 2 is 2.20 bits per heavy atom. The van der Waals surface area contributed by atoms with Crippen molar-refractivity contribution in [2.45, 2.75) is 22.6 Å². The van der Waals surface area contributed by atoms with Crippen molar-refractivity contribution in [3.05, 3.63) is 29.6 Å². The molecule has 0 aliphatic carbocycles. The van der Waals surface area contributed by atoms with Crippen LogP contribution in [-0.2, 0) is 6.42 Å². The van der Waals surface area contributed by atoms with E-state index in [1.807, 2.05) is 6.92 Å². The second-order valence-corrected chi connectivity index (χ2v) is 6.43. The third-order valence-electron chi connectivity index (χ3n) is 2.63. The Balaban J connectivity index is 2.26. The van der Waals surface area contributed by atoms with Crippen LogP contribution in [0.5, 0.6) is 0 Å². The van der Waals surface area contributed by atoms with Gasteiger partial charge in [-0.1, -0.05) is 18.7 Å². The number of hydrogen-bond donors (Lipinski definition) is 1. The molecule has 0 spiro atoms. The van der Waals surface area contributed by atoms with Crippen LogP contribution in [0.15, 0.2) is 27.4 Å². The number of amides is 1. The topological polar surface area (TPSA) is 72.1 Å². The van der Waals surface area contributed by atoms with E-state index in [1.165, 1.54) is 23.3 Å². The predicted octanol–water partition coefficient (Wildman–Crippen LogP) is 2.54. The van der Waals surface area contributed by atoms with E-state index in [4.69, 9.17) is 5.73 Å². The zero-order valence-electron chi connectivity index (χ0n) is 11.6. The summed E-state index contributed by atoms with van der Waals surface area (Å²) in [7, 11) is 3.45.